The van der Waals surface area contributed by atoms with Gasteiger partial charge in [-0.2, -0.15) is 0 Å². The average molecular weight is 271 g/mol. The number of rotatable bonds is 7. The van der Waals surface area contributed by atoms with Gasteiger partial charge < -0.3 is 15.5 Å². The van der Waals surface area contributed by atoms with E-state index in [9.17, 15) is 10.2 Å². The fraction of sp³-hybridized carbons (Fsp3) is 0.294. The Bertz CT molecular complexity index is 487. The van der Waals surface area contributed by atoms with E-state index in [0.717, 1.165) is 12.1 Å². The molecule has 0 aliphatic carbocycles. The number of hydrogen-bond acceptors (Lipinski definition) is 3. The lowest BCUT2D eigenvalue weighted by atomic mass is 9.96. The summed E-state index contributed by atoms with van der Waals surface area (Å²) in [5.74, 6) is -0.207. The lowest BCUT2D eigenvalue weighted by molar-refractivity contribution is 0.0663. The van der Waals surface area contributed by atoms with Crippen LogP contribution in [0.1, 0.15) is 17.2 Å². The summed E-state index contributed by atoms with van der Waals surface area (Å²) in [6.45, 7) is 1.26. The van der Waals surface area contributed by atoms with Crippen LogP contribution in [-0.2, 0) is 6.54 Å². The fourth-order valence-electron chi connectivity index (χ4n) is 2.20. The minimum absolute atomic E-state index is 0.0438. The summed E-state index contributed by atoms with van der Waals surface area (Å²) in [7, 11) is 0. The van der Waals surface area contributed by atoms with Crippen molar-refractivity contribution in [3.63, 3.8) is 0 Å². The molecule has 3 heteroatoms. The molecule has 3 nitrogen and oxygen atoms in total. The van der Waals surface area contributed by atoms with Crippen LogP contribution in [0.4, 0.5) is 0 Å². The third kappa shape index (κ3) is 4.17. The standard InChI is InChI=1S/C17H21NO2/c19-13-16(17(20)15-9-5-2-6-10-15)12-18-11-14-7-3-1-4-8-14/h1-10,16-20H,11-13H2/t16-,17+/m0/s1. The van der Waals surface area contributed by atoms with Crippen LogP contribution in [0.2, 0.25) is 0 Å². The van der Waals surface area contributed by atoms with Gasteiger partial charge in [0.25, 0.3) is 0 Å². The third-order valence-corrected chi connectivity index (χ3v) is 3.40. The van der Waals surface area contributed by atoms with E-state index in [4.69, 9.17) is 0 Å². The highest BCUT2D eigenvalue weighted by molar-refractivity contribution is 5.18. The van der Waals surface area contributed by atoms with Crippen LogP contribution in [0.25, 0.3) is 0 Å². The predicted molar refractivity (Wildman–Crippen MR) is 80.1 cm³/mol. The minimum atomic E-state index is -0.649. The third-order valence-electron chi connectivity index (χ3n) is 3.40. The molecule has 0 spiro atoms. The van der Waals surface area contributed by atoms with Crippen molar-refractivity contribution < 1.29 is 10.2 Å². The average Bonchev–Trinajstić information content (AvgIpc) is 2.53. The van der Waals surface area contributed by atoms with Gasteiger partial charge in [0.2, 0.25) is 0 Å². The molecule has 0 amide bonds. The van der Waals surface area contributed by atoms with Gasteiger partial charge in [0, 0.05) is 25.6 Å². The van der Waals surface area contributed by atoms with Crippen molar-refractivity contribution in [1.29, 1.82) is 0 Å². The second-order valence-electron chi connectivity index (χ2n) is 4.91. The zero-order valence-corrected chi connectivity index (χ0v) is 11.4. The van der Waals surface area contributed by atoms with Gasteiger partial charge in [-0.05, 0) is 11.1 Å². The molecule has 106 valence electrons. The molecule has 2 aromatic carbocycles. The second kappa shape index (κ2) is 7.80. The van der Waals surface area contributed by atoms with Gasteiger partial charge in [-0.3, -0.25) is 0 Å². The lowest BCUT2D eigenvalue weighted by Gasteiger charge is -2.21. The largest absolute Gasteiger partial charge is 0.396 e. The van der Waals surface area contributed by atoms with Crippen molar-refractivity contribution >= 4 is 0 Å². The predicted octanol–water partition coefficient (Wildman–Crippen LogP) is 2.12. The second-order valence-corrected chi connectivity index (χ2v) is 4.91. The number of nitrogens with one attached hydrogen (secondary N) is 1. The highest BCUT2D eigenvalue weighted by Gasteiger charge is 2.19. The van der Waals surface area contributed by atoms with E-state index in [1.54, 1.807) is 0 Å². The van der Waals surface area contributed by atoms with Crippen molar-refractivity contribution in [2.24, 2.45) is 5.92 Å². The molecule has 0 saturated heterocycles. The van der Waals surface area contributed by atoms with Crippen molar-refractivity contribution in [1.82, 2.24) is 5.32 Å². The SMILES string of the molecule is OC[C@H](CNCc1ccccc1)[C@H](O)c1ccccc1. The van der Waals surface area contributed by atoms with Crippen LogP contribution in [0.3, 0.4) is 0 Å². The molecule has 2 aromatic rings. The molecule has 3 N–H and O–H groups in total. The Morgan fingerprint density at radius 1 is 0.900 bits per heavy atom. The molecule has 0 fully saturated rings. The smallest absolute Gasteiger partial charge is 0.0852 e. The van der Waals surface area contributed by atoms with Crippen LogP contribution in [0.15, 0.2) is 60.7 Å². The van der Waals surface area contributed by atoms with Gasteiger partial charge in [-0.1, -0.05) is 60.7 Å². The quantitative estimate of drug-likeness (QED) is 0.723. The summed E-state index contributed by atoms with van der Waals surface area (Å²) < 4.78 is 0. The molecule has 0 saturated carbocycles. The molecule has 2 atom stereocenters. The highest BCUT2D eigenvalue weighted by atomic mass is 16.3. The van der Waals surface area contributed by atoms with Crippen molar-refractivity contribution in [2.45, 2.75) is 12.6 Å². The van der Waals surface area contributed by atoms with Gasteiger partial charge in [0.15, 0.2) is 0 Å². The first kappa shape index (κ1) is 14.7. The zero-order chi connectivity index (χ0) is 14.2. The number of hydrogen-bond donors (Lipinski definition) is 3. The van der Waals surface area contributed by atoms with Gasteiger partial charge in [-0.25, -0.2) is 0 Å². The van der Waals surface area contributed by atoms with E-state index in [0.29, 0.717) is 6.54 Å². The van der Waals surface area contributed by atoms with E-state index < -0.39 is 6.10 Å². The maximum absolute atomic E-state index is 10.3. The molecule has 0 radical (unpaired) electrons. The van der Waals surface area contributed by atoms with Crippen LogP contribution in [0.5, 0.6) is 0 Å². The molecule has 0 aliphatic rings. The first-order valence-corrected chi connectivity index (χ1v) is 6.89. The Morgan fingerprint density at radius 2 is 1.50 bits per heavy atom. The van der Waals surface area contributed by atoms with Crippen LogP contribution in [0, 0.1) is 5.92 Å². The topological polar surface area (TPSA) is 52.5 Å². The van der Waals surface area contributed by atoms with Gasteiger partial charge in [-0.15, -0.1) is 0 Å². The summed E-state index contributed by atoms with van der Waals surface area (Å²) in [4.78, 5) is 0. The molecule has 2 rings (SSSR count). The van der Waals surface area contributed by atoms with E-state index >= 15 is 0 Å². The maximum atomic E-state index is 10.3. The van der Waals surface area contributed by atoms with Gasteiger partial charge in [0.05, 0.1) is 6.10 Å². The van der Waals surface area contributed by atoms with Crippen LogP contribution < -0.4 is 5.32 Å². The van der Waals surface area contributed by atoms with E-state index in [1.165, 1.54) is 5.56 Å². The van der Waals surface area contributed by atoms with E-state index in [1.807, 2.05) is 48.5 Å². The van der Waals surface area contributed by atoms with Crippen molar-refractivity contribution in [2.75, 3.05) is 13.2 Å². The van der Waals surface area contributed by atoms with Gasteiger partial charge in [0.1, 0.15) is 0 Å². The highest BCUT2D eigenvalue weighted by Crippen LogP contribution is 2.21. The Labute approximate surface area is 119 Å². The normalized spacial score (nSPS) is 13.9. The Kier molecular flexibility index (Phi) is 5.74. The summed E-state index contributed by atoms with van der Waals surface area (Å²) in [5, 5.41) is 23.0. The number of aliphatic hydroxyl groups excluding tert-OH is 2. The molecule has 0 aliphatic heterocycles. The van der Waals surface area contributed by atoms with E-state index in [-0.39, 0.29) is 12.5 Å². The van der Waals surface area contributed by atoms with Crippen molar-refractivity contribution in [3.05, 3.63) is 71.8 Å². The zero-order valence-electron chi connectivity index (χ0n) is 11.4. The molecule has 0 heterocycles. The van der Waals surface area contributed by atoms with Gasteiger partial charge >= 0.3 is 0 Å². The summed E-state index contributed by atoms with van der Waals surface area (Å²) >= 11 is 0. The molecular weight excluding hydrogens is 250 g/mol. The van der Waals surface area contributed by atoms with Crippen LogP contribution in [-0.4, -0.2) is 23.4 Å². The fourth-order valence-corrected chi connectivity index (χ4v) is 2.20. The molecule has 0 bridgehead atoms. The Hall–Kier alpha value is -1.68. The number of benzene rings is 2. The molecular formula is C17H21NO2. The van der Waals surface area contributed by atoms with Crippen LogP contribution >= 0.6 is 0 Å². The summed E-state index contributed by atoms with van der Waals surface area (Å²) in [6.07, 6.45) is -0.649. The summed E-state index contributed by atoms with van der Waals surface area (Å²) in [5.41, 5.74) is 2.03. The minimum Gasteiger partial charge on any atom is -0.396 e. The molecule has 0 unspecified atom stereocenters. The van der Waals surface area contributed by atoms with E-state index in [2.05, 4.69) is 17.4 Å². The maximum Gasteiger partial charge on any atom is 0.0852 e. The first-order valence-electron chi connectivity index (χ1n) is 6.89. The van der Waals surface area contributed by atoms with Crippen molar-refractivity contribution in [3.8, 4) is 0 Å². The number of aliphatic hydroxyl groups is 2. The first-order chi connectivity index (χ1) is 9.81. The lowest BCUT2D eigenvalue weighted by Crippen LogP contribution is -2.29. The monoisotopic (exact) mass is 271 g/mol. The molecule has 0 aromatic heterocycles. The Morgan fingerprint density at radius 3 is 2.10 bits per heavy atom. The Balaban J connectivity index is 1.86. The molecule has 20 heavy (non-hydrogen) atoms. The summed E-state index contributed by atoms with van der Waals surface area (Å²) in [6, 6.07) is 19.5.